The highest BCUT2D eigenvalue weighted by molar-refractivity contribution is 5.96. The number of ether oxygens (including phenoxy) is 3. The van der Waals surface area contributed by atoms with Gasteiger partial charge < -0.3 is 24.1 Å². The molecule has 37 heavy (non-hydrogen) atoms. The Hall–Kier alpha value is -4.73. The van der Waals surface area contributed by atoms with Crippen LogP contribution in [0.5, 0.6) is 11.5 Å². The molecule has 190 valence electrons. The Morgan fingerprint density at radius 3 is 2.24 bits per heavy atom. The molecule has 0 aliphatic rings. The maximum atomic E-state index is 13.1. The highest BCUT2D eigenvalue weighted by Crippen LogP contribution is 2.32. The summed E-state index contributed by atoms with van der Waals surface area (Å²) in [5.74, 6) is -0.238. The molecule has 2 aromatic heterocycles. The van der Waals surface area contributed by atoms with Crippen LogP contribution in [0.15, 0.2) is 77.4 Å². The zero-order valence-electron chi connectivity index (χ0n) is 20.6. The Balaban J connectivity index is 1.58. The van der Waals surface area contributed by atoms with Crippen LogP contribution >= 0.6 is 0 Å². The van der Waals surface area contributed by atoms with E-state index >= 15 is 0 Å². The van der Waals surface area contributed by atoms with Crippen molar-refractivity contribution in [3.8, 4) is 11.5 Å². The van der Waals surface area contributed by atoms with Crippen molar-refractivity contribution in [2.45, 2.75) is 25.8 Å². The lowest BCUT2D eigenvalue weighted by molar-refractivity contribution is 0.0910. The van der Waals surface area contributed by atoms with Gasteiger partial charge in [-0.1, -0.05) is 65.8 Å². The van der Waals surface area contributed by atoms with Crippen LogP contribution in [-0.2, 0) is 4.74 Å². The molecule has 0 aliphatic heterocycles. The van der Waals surface area contributed by atoms with Gasteiger partial charge in [0.05, 0.1) is 19.6 Å². The number of hydrogen-bond acceptors (Lipinski definition) is 9. The number of methoxy groups -OCH3 is 1. The third-order valence-corrected chi connectivity index (χ3v) is 5.45. The van der Waals surface area contributed by atoms with E-state index in [1.807, 2.05) is 60.7 Å². The van der Waals surface area contributed by atoms with Crippen molar-refractivity contribution in [2.75, 3.05) is 13.7 Å². The molecule has 2 aromatic carbocycles. The standard InChI is InChI=1S/C27H26N4O6/c1-4-35-27(33)36-23-20(34-3)15-16-28-22(23)25(32)29-17(2)26-30-24(31-37-26)21(18-11-7-5-8-12-18)19-13-9-6-10-14-19/h5-17,21H,4H2,1-3H3,(H,29,32)/t17-/m0/s1. The molecule has 10 heteroatoms. The largest absolute Gasteiger partial charge is 0.514 e. The van der Waals surface area contributed by atoms with E-state index in [2.05, 4.69) is 20.4 Å². The van der Waals surface area contributed by atoms with E-state index in [9.17, 15) is 9.59 Å². The van der Waals surface area contributed by atoms with Crippen LogP contribution in [-0.4, -0.2) is 40.9 Å². The summed E-state index contributed by atoms with van der Waals surface area (Å²) in [6, 6.07) is 20.5. The van der Waals surface area contributed by atoms with Crippen LogP contribution < -0.4 is 14.8 Å². The average molecular weight is 503 g/mol. The fourth-order valence-electron chi connectivity index (χ4n) is 3.73. The average Bonchev–Trinajstić information content (AvgIpc) is 3.40. The minimum Gasteiger partial charge on any atom is -0.493 e. The molecule has 1 N–H and O–H groups in total. The van der Waals surface area contributed by atoms with E-state index in [0.29, 0.717) is 5.82 Å². The number of amides is 1. The molecule has 0 fully saturated rings. The lowest BCUT2D eigenvalue weighted by Crippen LogP contribution is -2.28. The molecule has 1 amide bonds. The van der Waals surface area contributed by atoms with Crippen molar-refractivity contribution in [2.24, 2.45) is 0 Å². The normalized spacial score (nSPS) is 11.6. The SMILES string of the molecule is CCOC(=O)Oc1c(OC)ccnc1C(=O)N[C@@H](C)c1nc(C(c2ccccc2)c2ccccc2)no1. The molecule has 0 aliphatic carbocycles. The number of nitrogens with one attached hydrogen (secondary N) is 1. The number of carbonyl (C=O) groups excluding carboxylic acids is 2. The Bertz CT molecular complexity index is 1300. The van der Waals surface area contributed by atoms with Gasteiger partial charge in [-0.15, -0.1) is 0 Å². The number of nitrogens with zero attached hydrogens (tertiary/aromatic N) is 3. The van der Waals surface area contributed by atoms with Gasteiger partial charge in [-0.05, 0) is 25.0 Å². The zero-order chi connectivity index (χ0) is 26.2. The van der Waals surface area contributed by atoms with Crippen LogP contribution in [0.1, 0.15) is 59.1 Å². The maximum absolute atomic E-state index is 13.1. The Morgan fingerprint density at radius 1 is 1.00 bits per heavy atom. The highest BCUT2D eigenvalue weighted by atomic mass is 16.7. The second kappa shape index (κ2) is 11.8. The monoisotopic (exact) mass is 502 g/mol. The van der Waals surface area contributed by atoms with Crippen molar-refractivity contribution in [1.82, 2.24) is 20.4 Å². The summed E-state index contributed by atoms with van der Waals surface area (Å²) < 4.78 is 20.8. The highest BCUT2D eigenvalue weighted by Gasteiger charge is 2.27. The van der Waals surface area contributed by atoms with Crippen LogP contribution in [0.3, 0.4) is 0 Å². The van der Waals surface area contributed by atoms with Gasteiger partial charge in [0.15, 0.2) is 17.3 Å². The van der Waals surface area contributed by atoms with Gasteiger partial charge in [-0.2, -0.15) is 4.98 Å². The van der Waals surface area contributed by atoms with Crippen molar-refractivity contribution in [3.05, 3.63) is 101 Å². The molecule has 10 nitrogen and oxygen atoms in total. The van der Waals surface area contributed by atoms with Gasteiger partial charge in [-0.3, -0.25) is 4.79 Å². The number of pyridine rings is 1. The van der Waals surface area contributed by atoms with E-state index in [-0.39, 0.29) is 35.6 Å². The molecule has 0 spiro atoms. The van der Waals surface area contributed by atoms with Crippen LogP contribution in [0.25, 0.3) is 0 Å². The van der Waals surface area contributed by atoms with Crippen molar-refractivity contribution in [1.29, 1.82) is 0 Å². The molecular formula is C27H26N4O6. The lowest BCUT2D eigenvalue weighted by Gasteiger charge is -2.15. The first-order chi connectivity index (χ1) is 18.0. The van der Waals surface area contributed by atoms with Gasteiger partial charge in [0.2, 0.25) is 11.6 Å². The van der Waals surface area contributed by atoms with Crippen LogP contribution in [0.4, 0.5) is 4.79 Å². The van der Waals surface area contributed by atoms with Gasteiger partial charge in [-0.25, -0.2) is 9.78 Å². The van der Waals surface area contributed by atoms with Crippen molar-refractivity contribution in [3.63, 3.8) is 0 Å². The van der Waals surface area contributed by atoms with E-state index in [1.54, 1.807) is 13.8 Å². The molecule has 0 saturated heterocycles. The molecule has 0 bridgehead atoms. The third kappa shape index (κ3) is 5.92. The summed E-state index contributed by atoms with van der Waals surface area (Å²) in [5, 5.41) is 6.97. The number of hydrogen-bond donors (Lipinski definition) is 1. The van der Waals surface area contributed by atoms with E-state index in [0.717, 1.165) is 11.1 Å². The summed E-state index contributed by atoms with van der Waals surface area (Å²) in [5.41, 5.74) is 1.84. The number of benzene rings is 2. The Labute approximate surface area is 213 Å². The van der Waals surface area contributed by atoms with Crippen LogP contribution in [0.2, 0.25) is 0 Å². The quantitative estimate of drug-likeness (QED) is 0.325. The van der Waals surface area contributed by atoms with Gasteiger partial charge in [0.1, 0.15) is 6.04 Å². The van der Waals surface area contributed by atoms with Crippen molar-refractivity contribution < 1.29 is 28.3 Å². The van der Waals surface area contributed by atoms with E-state index in [4.69, 9.17) is 18.7 Å². The van der Waals surface area contributed by atoms with Gasteiger partial charge in [0.25, 0.3) is 5.91 Å². The minimum atomic E-state index is -0.981. The fraction of sp³-hybridized carbons (Fsp3) is 0.222. The zero-order valence-corrected chi connectivity index (χ0v) is 20.6. The summed E-state index contributed by atoms with van der Waals surface area (Å²) >= 11 is 0. The Morgan fingerprint density at radius 2 is 1.65 bits per heavy atom. The topological polar surface area (TPSA) is 126 Å². The number of carbonyl (C=O) groups is 2. The van der Waals surface area contributed by atoms with Crippen LogP contribution in [0, 0.1) is 0 Å². The predicted molar refractivity (Wildman–Crippen MR) is 132 cm³/mol. The first-order valence-electron chi connectivity index (χ1n) is 11.6. The molecular weight excluding hydrogens is 476 g/mol. The second-order valence-electron chi connectivity index (χ2n) is 7.92. The summed E-state index contributed by atoms with van der Waals surface area (Å²) in [7, 11) is 1.38. The fourth-order valence-corrected chi connectivity index (χ4v) is 3.73. The molecule has 4 aromatic rings. The Kier molecular flexibility index (Phi) is 8.09. The summed E-state index contributed by atoms with van der Waals surface area (Å²) in [4.78, 5) is 33.7. The smallest absolute Gasteiger partial charge is 0.493 e. The summed E-state index contributed by atoms with van der Waals surface area (Å²) in [6.07, 6.45) is 0.385. The predicted octanol–water partition coefficient (Wildman–Crippen LogP) is 4.68. The number of rotatable bonds is 9. The van der Waals surface area contributed by atoms with E-state index in [1.165, 1.54) is 19.4 Å². The molecule has 0 saturated carbocycles. The molecule has 0 unspecified atom stereocenters. The van der Waals surface area contributed by atoms with Gasteiger partial charge in [0, 0.05) is 12.3 Å². The first-order valence-corrected chi connectivity index (χ1v) is 11.6. The first kappa shape index (κ1) is 25.4. The maximum Gasteiger partial charge on any atom is 0.514 e. The van der Waals surface area contributed by atoms with Crippen molar-refractivity contribution >= 4 is 12.1 Å². The minimum absolute atomic E-state index is 0.104. The summed E-state index contributed by atoms with van der Waals surface area (Å²) in [6.45, 7) is 3.43. The molecule has 0 radical (unpaired) electrons. The third-order valence-electron chi connectivity index (χ3n) is 5.45. The molecule has 2 heterocycles. The van der Waals surface area contributed by atoms with Gasteiger partial charge >= 0.3 is 6.16 Å². The lowest BCUT2D eigenvalue weighted by atomic mass is 9.91. The van der Waals surface area contributed by atoms with E-state index < -0.39 is 18.1 Å². The molecule has 1 atom stereocenters. The molecule has 4 rings (SSSR count). The second-order valence-corrected chi connectivity index (χ2v) is 7.92. The number of aromatic nitrogens is 3.